The number of thiophene rings is 1. The number of aryl methyl sites for hydroxylation is 1. The zero-order chi connectivity index (χ0) is 16.0. The van der Waals surface area contributed by atoms with E-state index in [1.807, 2.05) is 23.9 Å². The first-order valence-electron chi connectivity index (χ1n) is 7.18. The zero-order valence-electron chi connectivity index (χ0n) is 12.4. The molecule has 4 rings (SSSR count). The minimum atomic E-state index is -0.256. The fraction of sp³-hybridized carbons (Fsp3) is 0.333. The molecule has 0 radical (unpaired) electrons. The van der Waals surface area contributed by atoms with Gasteiger partial charge < -0.3 is 5.32 Å². The van der Waals surface area contributed by atoms with Crippen molar-refractivity contribution in [2.24, 2.45) is 0 Å². The number of fused-ring (bicyclic) bond motifs is 1. The second kappa shape index (κ2) is 5.27. The van der Waals surface area contributed by atoms with E-state index in [-0.39, 0.29) is 10.8 Å². The topological polar surface area (TPSA) is 79.4 Å². The summed E-state index contributed by atoms with van der Waals surface area (Å²) in [6.07, 6.45) is 4.16. The lowest BCUT2D eigenvalue weighted by Crippen LogP contribution is -2.60. The zero-order valence-corrected chi connectivity index (χ0v) is 13.9. The van der Waals surface area contributed by atoms with E-state index in [0.717, 1.165) is 39.4 Å². The molecule has 3 aromatic heterocycles. The third-order valence-electron chi connectivity index (χ3n) is 4.13. The van der Waals surface area contributed by atoms with Gasteiger partial charge in [-0.1, -0.05) is 0 Å². The maximum Gasteiger partial charge on any atom is 0.223 e. The van der Waals surface area contributed by atoms with Crippen molar-refractivity contribution >= 4 is 33.2 Å². The van der Waals surface area contributed by atoms with Crippen molar-refractivity contribution in [3.05, 3.63) is 28.6 Å². The Kier molecular flexibility index (Phi) is 3.34. The molecule has 6 nitrogen and oxygen atoms in total. The van der Waals surface area contributed by atoms with Crippen molar-refractivity contribution in [1.29, 1.82) is 5.26 Å². The molecule has 1 saturated heterocycles. The Morgan fingerprint density at radius 1 is 1.48 bits per heavy atom. The summed E-state index contributed by atoms with van der Waals surface area (Å²) in [5, 5.41) is 17.0. The summed E-state index contributed by atoms with van der Waals surface area (Å²) in [6, 6.07) is 4.26. The second-order valence-electron chi connectivity index (χ2n) is 5.75. The molecule has 0 atom stereocenters. The van der Waals surface area contributed by atoms with Crippen LogP contribution in [0.25, 0.3) is 21.5 Å². The molecule has 8 heteroatoms. The molecule has 1 aliphatic heterocycles. The Labute approximate surface area is 141 Å². The normalized spacial score (nSPS) is 16.2. The van der Waals surface area contributed by atoms with Gasteiger partial charge >= 0.3 is 0 Å². The lowest BCUT2D eigenvalue weighted by molar-refractivity contribution is 0.160. The molecular formula is C15H13ClN6S. The van der Waals surface area contributed by atoms with Crippen LogP contribution in [0.1, 0.15) is 11.3 Å². The van der Waals surface area contributed by atoms with Gasteiger partial charge in [-0.2, -0.15) is 10.4 Å². The van der Waals surface area contributed by atoms with Crippen LogP contribution in [0, 0.1) is 18.3 Å². The summed E-state index contributed by atoms with van der Waals surface area (Å²) in [5.41, 5.74) is 2.29. The van der Waals surface area contributed by atoms with Gasteiger partial charge in [0.05, 0.1) is 34.6 Å². The summed E-state index contributed by atoms with van der Waals surface area (Å²) in [7, 11) is 0. The molecule has 3 aromatic rings. The van der Waals surface area contributed by atoms with E-state index in [0.29, 0.717) is 6.42 Å². The van der Waals surface area contributed by atoms with E-state index >= 15 is 0 Å². The van der Waals surface area contributed by atoms with Crippen molar-refractivity contribution in [3.8, 4) is 17.3 Å². The van der Waals surface area contributed by atoms with Gasteiger partial charge in [0.1, 0.15) is 5.54 Å². The van der Waals surface area contributed by atoms with Crippen molar-refractivity contribution < 1.29 is 0 Å². The van der Waals surface area contributed by atoms with Crippen molar-refractivity contribution in [1.82, 2.24) is 25.1 Å². The van der Waals surface area contributed by atoms with Gasteiger partial charge in [-0.05, 0) is 24.6 Å². The molecule has 1 aliphatic rings. The molecule has 0 unspecified atom stereocenters. The molecule has 0 spiro atoms. The summed E-state index contributed by atoms with van der Waals surface area (Å²) < 4.78 is 2.89. The summed E-state index contributed by atoms with van der Waals surface area (Å²) in [5.74, 6) is 0. The van der Waals surface area contributed by atoms with Crippen LogP contribution in [0.4, 0.5) is 0 Å². The van der Waals surface area contributed by atoms with Gasteiger partial charge in [-0.15, -0.1) is 11.3 Å². The quantitative estimate of drug-likeness (QED) is 0.739. The predicted molar refractivity (Wildman–Crippen MR) is 89.5 cm³/mol. The van der Waals surface area contributed by atoms with Crippen LogP contribution < -0.4 is 5.32 Å². The summed E-state index contributed by atoms with van der Waals surface area (Å²) in [6.45, 7) is 3.54. The van der Waals surface area contributed by atoms with E-state index in [4.69, 9.17) is 16.9 Å². The number of nitrogens with zero attached hydrogens (tertiary/aromatic N) is 5. The van der Waals surface area contributed by atoms with Crippen LogP contribution in [-0.2, 0) is 5.54 Å². The number of nitrogens with one attached hydrogen (secondary N) is 1. The highest BCUT2D eigenvalue weighted by Crippen LogP contribution is 2.34. The average molecular weight is 345 g/mol. The van der Waals surface area contributed by atoms with Gasteiger partial charge in [0.15, 0.2) is 0 Å². The monoisotopic (exact) mass is 344 g/mol. The minimum Gasteiger partial charge on any atom is -0.312 e. The number of hydrogen-bond donors (Lipinski definition) is 1. The highest BCUT2D eigenvalue weighted by molar-refractivity contribution is 7.19. The number of halogens is 1. The molecule has 0 amide bonds. The average Bonchev–Trinajstić information content (AvgIpc) is 3.08. The van der Waals surface area contributed by atoms with Gasteiger partial charge in [-0.3, -0.25) is 4.68 Å². The first kappa shape index (κ1) is 14.6. The number of aromatic nitrogens is 4. The van der Waals surface area contributed by atoms with Crippen molar-refractivity contribution in [3.63, 3.8) is 0 Å². The van der Waals surface area contributed by atoms with Crippen LogP contribution in [0.3, 0.4) is 0 Å². The first-order valence-corrected chi connectivity index (χ1v) is 8.38. The fourth-order valence-electron chi connectivity index (χ4n) is 2.85. The largest absolute Gasteiger partial charge is 0.312 e. The summed E-state index contributed by atoms with van der Waals surface area (Å²) >= 11 is 7.71. The van der Waals surface area contributed by atoms with Crippen LogP contribution in [-0.4, -0.2) is 32.8 Å². The molecular weight excluding hydrogens is 332 g/mol. The lowest BCUT2D eigenvalue weighted by Gasteiger charge is -2.41. The molecule has 1 fully saturated rings. The third kappa shape index (κ3) is 2.30. The minimum absolute atomic E-state index is 0.232. The third-order valence-corrected chi connectivity index (χ3v) is 5.34. The van der Waals surface area contributed by atoms with E-state index < -0.39 is 0 Å². The Hall–Kier alpha value is -2.01. The Bertz CT molecular complexity index is 933. The fourth-order valence-corrected chi connectivity index (χ4v) is 3.99. The van der Waals surface area contributed by atoms with Gasteiger partial charge in [0.2, 0.25) is 5.28 Å². The van der Waals surface area contributed by atoms with Crippen LogP contribution in [0.15, 0.2) is 18.5 Å². The highest BCUT2D eigenvalue weighted by atomic mass is 35.5. The SMILES string of the molecule is Cc1cc2nc(Cl)nc(-c3cnn(C4(CC#N)CNC4)c3)c2s1. The van der Waals surface area contributed by atoms with Gasteiger partial charge in [-0.25, -0.2) is 9.97 Å². The van der Waals surface area contributed by atoms with E-state index in [2.05, 4.69) is 26.5 Å². The van der Waals surface area contributed by atoms with Crippen molar-refractivity contribution in [2.45, 2.75) is 18.9 Å². The lowest BCUT2D eigenvalue weighted by atomic mass is 9.89. The van der Waals surface area contributed by atoms with Gasteiger partial charge in [0, 0.05) is 29.7 Å². The highest BCUT2D eigenvalue weighted by Gasteiger charge is 2.39. The molecule has 116 valence electrons. The molecule has 0 bridgehead atoms. The summed E-state index contributed by atoms with van der Waals surface area (Å²) in [4.78, 5) is 9.84. The van der Waals surface area contributed by atoms with Gasteiger partial charge in [0.25, 0.3) is 0 Å². The molecule has 4 heterocycles. The van der Waals surface area contributed by atoms with E-state index in [1.54, 1.807) is 17.5 Å². The van der Waals surface area contributed by atoms with Crippen LogP contribution >= 0.6 is 22.9 Å². The molecule has 0 saturated carbocycles. The Balaban J connectivity index is 1.82. The van der Waals surface area contributed by atoms with E-state index in [9.17, 15) is 0 Å². The van der Waals surface area contributed by atoms with Crippen LogP contribution in [0.5, 0.6) is 0 Å². The van der Waals surface area contributed by atoms with Crippen molar-refractivity contribution in [2.75, 3.05) is 13.1 Å². The first-order chi connectivity index (χ1) is 11.1. The standard InChI is InChI=1S/C15H13ClN6S/c1-9-4-11-13(23-9)12(21-14(16)20-11)10-5-19-22(6-10)15(2-3-17)7-18-8-15/h4-6,18H,2,7-8H2,1H3. The van der Waals surface area contributed by atoms with Crippen LogP contribution in [0.2, 0.25) is 5.28 Å². The maximum atomic E-state index is 9.08. The Morgan fingerprint density at radius 3 is 3.00 bits per heavy atom. The Morgan fingerprint density at radius 2 is 2.30 bits per heavy atom. The molecule has 0 aliphatic carbocycles. The van der Waals surface area contributed by atoms with E-state index in [1.165, 1.54) is 0 Å². The number of hydrogen-bond acceptors (Lipinski definition) is 6. The molecule has 23 heavy (non-hydrogen) atoms. The smallest absolute Gasteiger partial charge is 0.223 e. The number of nitriles is 1. The second-order valence-corrected chi connectivity index (χ2v) is 7.34. The molecule has 0 aromatic carbocycles. The maximum absolute atomic E-state index is 9.08. The number of rotatable bonds is 3. The predicted octanol–water partition coefficient (Wildman–Crippen LogP) is 2.73. The molecule has 1 N–H and O–H groups in total.